The van der Waals surface area contributed by atoms with Crippen LogP contribution in [0, 0.1) is 5.92 Å². The number of rotatable bonds is 5. The van der Waals surface area contributed by atoms with E-state index in [0.29, 0.717) is 0 Å². The summed E-state index contributed by atoms with van der Waals surface area (Å²) in [5.74, 6) is 4.30. The molecule has 18 heavy (non-hydrogen) atoms. The van der Waals surface area contributed by atoms with Crippen molar-refractivity contribution in [3.63, 3.8) is 0 Å². The molecule has 0 bridgehead atoms. The number of ether oxygens (including phenoxy) is 1. The summed E-state index contributed by atoms with van der Waals surface area (Å²) < 4.78 is 5.34. The van der Waals surface area contributed by atoms with Crippen LogP contribution in [0.15, 0.2) is 18.2 Å². The van der Waals surface area contributed by atoms with Gasteiger partial charge in [-0.25, -0.2) is 0 Å². The third kappa shape index (κ3) is 3.81. The van der Waals surface area contributed by atoms with Crippen LogP contribution in [0.25, 0.3) is 0 Å². The van der Waals surface area contributed by atoms with Crippen LogP contribution in [0.3, 0.4) is 0 Å². The monoisotopic (exact) mass is 285 g/mol. The van der Waals surface area contributed by atoms with Crippen molar-refractivity contribution in [3.8, 4) is 5.75 Å². The fourth-order valence-corrected chi connectivity index (χ4v) is 3.69. The fraction of sp³-hybridized carbons (Fsp3) is 0.571. The molecule has 1 N–H and O–H groups in total. The minimum Gasteiger partial charge on any atom is -0.496 e. The highest BCUT2D eigenvalue weighted by Crippen LogP contribution is 2.26. The Hall–Kier alpha value is -0.380. The molecular weight excluding hydrogens is 266 g/mol. The molecule has 0 spiro atoms. The minimum atomic E-state index is 0.779. The molecule has 2 rings (SSSR count). The van der Waals surface area contributed by atoms with Crippen LogP contribution in [0.4, 0.5) is 0 Å². The molecule has 0 amide bonds. The largest absolute Gasteiger partial charge is 0.496 e. The maximum absolute atomic E-state index is 6.21. The number of benzene rings is 1. The summed E-state index contributed by atoms with van der Waals surface area (Å²) in [6.07, 6.45) is 2.66. The molecule has 4 heteroatoms. The maximum Gasteiger partial charge on any atom is 0.124 e. The van der Waals surface area contributed by atoms with Crippen LogP contribution >= 0.6 is 23.4 Å². The number of thioether (sulfide) groups is 1. The molecule has 1 aliphatic rings. The molecule has 1 aromatic carbocycles. The molecule has 2 nitrogen and oxygen atoms in total. The Morgan fingerprint density at radius 2 is 2.17 bits per heavy atom. The SMILES string of the molecule is COc1cccc(Cl)c1CNCC1CCSCC1. The molecule has 0 unspecified atom stereocenters. The van der Waals surface area contributed by atoms with Crippen molar-refractivity contribution in [2.45, 2.75) is 19.4 Å². The average Bonchev–Trinajstić information content (AvgIpc) is 2.41. The van der Waals surface area contributed by atoms with Gasteiger partial charge in [0, 0.05) is 17.1 Å². The van der Waals surface area contributed by atoms with Crippen LogP contribution in [0.2, 0.25) is 5.02 Å². The van der Waals surface area contributed by atoms with Crippen LogP contribution in [-0.4, -0.2) is 25.2 Å². The normalized spacial score (nSPS) is 16.8. The number of hydrogen-bond acceptors (Lipinski definition) is 3. The summed E-state index contributed by atoms with van der Waals surface area (Å²) >= 11 is 8.27. The van der Waals surface area contributed by atoms with E-state index in [1.54, 1.807) is 7.11 Å². The van der Waals surface area contributed by atoms with Crippen molar-refractivity contribution in [1.29, 1.82) is 0 Å². The van der Waals surface area contributed by atoms with E-state index in [4.69, 9.17) is 16.3 Å². The molecule has 1 aromatic rings. The second kappa shape index (κ2) is 7.27. The van der Waals surface area contributed by atoms with Gasteiger partial charge in [0.1, 0.15) is 5.75 Å². The highest BCUT2D eigenvalue weighted by molar-refractivity contribution is 7.99. The lowest BCUT2D eigenvalue weighted by molar-refractivity contribution is 0.403. The van der Waals surface area contributed by atoms with Gasteiger partial charge in [-0.05, 0) is 48.9 Å². The van der Waals surface area contributed by atoms with E-state index < -0.39 is 0 Å². The number of hydrogen-bond donors (Lipinski definition) is 1. The van der Waals surface area contributed by atoms with Crippen LogP contribution in [0.1, 0.15) is 18.4 Å². The first-order chi connectivity index (χ1) is 8.81. The molecule has 1 saturated heterocycles. The summed E-state index contributed by atoms with van der Waals surface area (Å²) in [5.41, 5.74) is 1.06. The lowest BCUT2D eigenvalue weighted by Gasteiger charge is -2.22. The van der Waals surface area contributed by atoms with Crippen molar-refractivity contribution in [2.75, 3.05) is 25.2 Å². The smallest absolute Gasteiger partial charge is 0.124 e. The van der Waals surface area contributed by atoms with E-state index in [9.17, 15) is 0 Å². The van der Waals surface area contributed by atoms with E-state index in [-0.39, 0.29) is 0 Å². The molecule has 1 aliphatic heterocycles. The number of halogens is 1. The predicted octanol–water partition coefficient (Wildman–Crippen LogP) is 3.58. The van der Waals surface area contributed by atoms with E-state index in [2.05, 4.69) is 17.1 Å². The first-order valence-corrected chi connectivity index (χ1v) is 7.94. The molecule has 0 atom stereocenters. The van der Waals surface area contributed by atoms with Crippen molar-refractivity contribution in [3.05, 3.63) is 28.8 Å². The molecule has 0 aromatic heterocycles. The fourth-order valence-electron chi connectivity index (χ4n) is 2.25. The molecule has 0 saturated carbocycles. The molecular formula is C14H20ClNOS. The van der Waals surface area contributed by atoms with E-state index in [1.165, 1.54) is 24.3 Å². The Bertz CT molecular complexity index is 380. The average molecular weight is 286 g/mol. The molecule has 1 heterocycles. The van der Waals surface area contributed by atoms with E-state index in [0.717, 1.165) is 35.3 Å². The summed E-state index contributed by atoms with van der Waals surface area (Å²) in [4.78, 5) is 0. The second-order valence-electron chi connectivity index (χ2n) is 4.61. The zero-order valence-corrected chi connectivity index (χ0v) is 12.3. The van der Waals surface area contributed by atoms with Gasteiger partial charge in [0.25, 0.3) is 0 Å². The van der Waals surface area contributed by atoms with Gasteiger partial charge >= 0.3 is 0 Å². The summed E-state index contributed by atoms with van der Waals surface area (Å²) in [6.45, 7) is 1.86. The lowest BCUT2D eigenvalue weighted by atomic mass is 10.0. The molecule has 0 aliphatic carbocycles. The summed E-state index contributed by atoms with van der Waals surface area (Å²) in [6, 6.07) is 5.79. The maximum atomic E-state index is 6.21. The summed E-state index contributed by atoms with van der Waals surface area (Å²) in [7, 11) is 1.69. The number of nitrogens with one attached hydrogen (secondary N) is 1. The van der Waals surface area contributed by atoms with Gasteiger partial charge in [-0.3, -0.25) is 0 Å². The zero-order chi connectivity index (χ0) is 12.8. The highest BCUT2D eigenvalue weighted by Gasteiger charge is 2.14. The summed E-state index contributed by atoms with van der Waals surface area (Å²) in [5, 5.41) is 4.29. The quantitative estimate of drug-likeness (QED) is 0.893. The molecule has 1 fully saturated rings. The Morgan fingerprint density at radius 3 is 2.89 bits per heavy atom. The first kappa shape index (κ1) is 14.0. The van der Waals surface area contributed by atoms with Crippen molar-refractivity contribution in [2.24, 2.45) is 5.92 Å². The highest BCUT2D eigenvalue weighted by atomic mass is 35.5. The van der Waals surface area contributed by atoms with Gasteiger partial charge in [-0.2, -0.15) is 11.8 Å². The predicted molar refractivity (Wildman–Crippen MR) is 79.8 cm³/mol. The first-order valence-electron chi connectivity index (χ1n) is 6.41. The van der Waals surface area contributed by atoms with Crippen molar-refractivity contribution >= 4 is 23.4 Å². The number of methoxy groups -OCH3 is 1. The standard InChI is InChI=1S/C14H20ClNOS/c1-17-14-4-2-3-13(15)12(14)10-16-9-11-5-7-18-8-6-11/h2-4,11,16H,5-10H2,1H3. The van der Waals surface area contributed by atoms with Crippen LogP contribution in [0.5, 0.6) is 5.75 Å². The van der Waals surface area contributed by atoms with E-state index >= 15 is 0 Å². The second-order valence-corrected chi connectivity index (χ2v) is 6.24. The van der Waals surface area contributed by atoms with Crippen molar-refractivity contribution < 1.29 is 4.74 Å². The van der Waals surface area contributed by atoms with Gasteiger partial charge in [0.05, 0.1) is 7.11 Å². The third-order valence-corrected chi connectivity index (χ3v) is 4.77. The van der Waals surface area contributed by atoms with Crippen LogP contribution < -0.4 is 10.1 Å². The Kier molecular flexibility index (Phi) is 5.67. The Labute approximate surface area is 118 Å². The van der Waals surface area contributed by atoms with Gasteiger partial charge in [0.15, 0.2) is 0 Å². The van der Waals surface area contributed by atoms with Crippen molar-refractivity contribution in [1.82, 2.24) is 5.32 Å². The molecule has 100 valence electrons. The molecule has 0 radical (unpaired) electrons. The van der Waals surface area contributed by atoms with Gasteiger partial charge in [0.2, 0.25) is 0 Å². The lowest BCUT2D eigenvalue weighted by Crippen LogP contribution is -2.25. The third-order valence-electron chi connectivity index (χ3n) is 3.37. The minimum absolute atomic E-state index is 0.779. The zero-order valence-electron chi connectivity index (χ0n) is 10.7. The van der Waals surface area contributed by atoms with Crippen LogP contribution in [-0.2, 0) is 6.54 Å². The van der Waals surface area contributed by atoms with Gasteiger partial charge in [-0.1, -0.05) is 17.7 Å². The Balaban J connectivity index is 1.85. The van der Waals surface area contributed by atoms with E-state index in [1.807, 2.05) is 18.2 Å². The topological polar surface area (TPSA) is 21.3 Å². The van der Waals surface area contributed by atoms with Gasteiger partial charge < -0.3 is 10.1 Å². The van der Waals surface area contributed by atoms with Gasteiger partial charge in [-0.15, -0.1) is 0 Å². The Morgan fingerprint density at radius 1 is 1.39 bits per heavy atom.